The molecule has 2 N–H and O–H groups in total. The number of benzene rings is 1. The molecule has 0 saturated carbocycles. The number of anilines is 1. The summed E-state index contributed by atoms with van der Waals surface area (Å²) in [5.41, 5.74) is -0.406. The summed E-state index contributed by atoms with van der Waals surface area (Å²) in [4.78, 5) is 23.1. The molecule has 0 radical (unpaired) electrons. The van der Waals surface area contributed by atoms with Crippen molar-refractivity contribution >= 4 is 28.9 Å². The van der Waals surface area contributed by atoms with Gasteiger partial charge in [0.2, 0.25) is 0 Å². The van der Waals surface area contributed by atoms with Crippen LogP contribution in [0.4, 0.5) is 11.4 Å². The summed E-state index contributed by atoms with van der Waals surface area (Å²) in [7, 11) is 0. The lowest BCUT2D eigenvalue weighted by molar-refractivity contribution is -0.384. The minimum atomic E-state index is -1.30. The summed E-state index contributed by atoms with van der Waals surface area (Å²) in [5, 5.41) is 29.2. The van der Waals surface area contributed by atoms with E-state index in [4.69, 9.17) is 16.7 Å². The SMILES string of the molecule is CCCCN(CCO)c1c(Cl)cc([N+](=O)[O-])cc1C(=O)O. The van der Waals surface area contributed by atoms with E-state index < -0.39 is 10.9 Å². The molecule has 8 heteroatoms. The van der Waals surface area contributed by atoms with Gasteiger partial charge in [-0.3, -0.25) is 10.1 Å². The highest BCUT2D eigenvalue weighted by atomic mass is 35.5. The number of carbonyl (C=O) groups is 1. The van der Waals surface area contributed by atoms with Crippen LogP contribution in [0.1, 0.15) is 30.1 Å². The summed E-state index contributed by atoms with van der Waals surface area (Å²) < 4.78 is 0. The van der Waals surface area contributed by atoms with Gasteiger partial charge in [-0.1, -0.05) is 24.9 Å². The number of carboxylic acid groups (broad SMARTS) is 1. The van der Waals surface area contributed by atoms with E-state index in [-0.39, 0.29) is 35.1 Å². The van der Waals surface area contributed by atoms with E-state index in [9.17, 15) is 20.0 Å². The van der Waals surface area contributed by atoms with E-state index in [1.54, 1.807) is 4.90 Å². The minimum absolute atomic E-state index is 0.00819. The van der Waals surface area contributed by atoms with E-state index in [1.807, 2.05) is 6.92 Å². The first-order valence-corrected chi connectivity index (χ1v) is 6.87. The molecule has 0 fully saturated rings. The van der Waals surface area contributed by atoms with Crippen molar-refractivity contribution in [3.05, 3.63) is 32.8 Å². The second-order valence-corrected chi connectivity index (χ2v) is 4.86. The van der Waals surface area contributed by atoms with Crippen LogP contribution in [-0.4, -0.2) is 40.8 Å². The van der Waals surface area contributed by atoms with E-state index in [0.717, 1.165) is 25.0 Å². The van der Waals surface area contributed by atoms with Crippen molar-refractivity contribution in [2.24, 2.45) is 0 Å². The van der Waals surface area contributed by atoms with Crippen molar-refractivity contribution in [2.45, 2.75) is 19.8 Å². The van der Waals surface area contributed by atoms with E-state index in [1.165, 1.54) is 0 Å². The maximum absolute atomic E-state index is 11.4. The lowest BCUT2D eigenvalue weighted by Crippen LogP contribution is -2.29. The van der Waals surface area contributed by atoms with Gasteiger partial charge < -0.3 is 15.1 Å². The lowest BCUT2D eigenvalue weighted by atomic mass is 10.1. The van der Waals surface area contributed by atoms with Gasteiger partial charge in [0.05, 0.1) is 27.8 Å². The largest absolute Gasteiger partial charge is 0.478 e. The van der Waals surface area contributed by atoms with Crippen LogP contribution in [0.3, 0.4) is 0 Å². The third-order valence-corrected chi connectivity index (χ3v) is 3.25. The Bertz CT molecular complexity index is 536. The number of aliphatic hydroxyl groups excluding tert-OH is 1. The van der Waals surface area contributed by atoms with Gasteiger partial charge in [-0.2, -0.15) is 0 Å². The van der Waals surface area contributed by atoms with Crippen molar-refractivity contribution in [1.82, 2.24) is 0 Å². The Labute approximate surface area is 126 Å². The topological polar surface area (TPSA) is 104 Å². The van der Waals surface area contributed by atoms with Gasteiger partial charge in [0.25, 0.3) is 5.69 Å². The molecule has 7 nitrogen and oxygen atoms in total. The highest BCUT2D eigenvalue weighted by Gasteiger charge is 2.23. The zero-order valence-corrected chi connectivity index (χ0v) is 12.3. The Kier molecular flexibility index (Phi) is 6.39. The van der Waals surface area contributed by atoms with Gasteiger partial charge in [0, 0.05) is 25.2 Å². The Morgan fingerprint density at radius 1 is 1.43 bits per heavy atom. The molecule has 0 heterocycles. The third-order valence-electron chi connectivity index (χ3n) is 2.96. The van der Waals surface area contributed by atoms with Gasteiger partial charge in [-0.15, -0.1) is 0 Å². The molecule has 0 aliphatic heterocycles. The van der Waals surface area contributed by atoms with Crippen LogP contribution < -0.4 is 4.90 Å². The first-order chi connectivity index (χ1) is 9.92. The summed E-state index contributed by atoms with van der Waals surface area (Å²) in [5.74, 6) is -1.30. The molecule has 0 saturated heterocycles. The van der Waals surface area contributed by atoms with Crippen molar-refractivity contribution in [3.63, 3.8) is 0 Å². The molecule has 0 bridgehead atoms. The van der Waals surface area contributed by atoms with Crippen LogP contribution in [0.15, 0.2) is 12.1 Å². The molecule has 1 aromatic rings. The maximum Gasteiger partial charge on any atom is 0.338 e. The number of nitro benzene ring substituents is 1. The van der Waals surface area contributed by atoms with Crippen molar-refractivity contribution in [1.29, 1.82) is 0 Å². The highest BCUT2D eigenvalue weighted by Crippen LogP contribution is 2.34. The number of aromatic carboxylic acids is 1. The second-order valence-electron chi connectivity index (χ2n) is 4.45. The fourth-order valence-corrected chi connectivity index (χ4v) is 2.31. The first kappa shape index (κ1) is 17.2. The monoisotopic (exact) mass is 316 g/mol. The van der Waals surface area contributed by atoms with E-state index >= 15 is 0 Å². The average Bonchev–Trinajstić information content (AvgIpc) is 2.42. The number of carboxylic acids is 1. The first-order valence-electron chi connectivity index (χ1n) is 6.49. The fraction of sp³-hybridized carbons (Fsp3) is 0.462. The third kappa shape index (κ3) is 4.30. The minimum Gasteiger partial charge on any atom is -0.478 e. The Balaban J connectivity index is 3.36. The predicted octanol–water partition coefficient (Wildman–Crippen LogP) is 2.55. The van der Waals surface area contributed by atoms with Crippen molar-refractivity contribution in [2.75, 3.05) is 24.6 Å². The molecular weight excluding hydrogens is 300 g/mol. The summed E-state index contributed by atoms with van der Waals surface area (Å²) >= 11 is 6.04. The van der Waals surface area contributed by atoms with E-state index in [2.05, 4.69) is 0 Å². The van der Waals surface area contributed by atoms with Gasteiger partial charge in [0.15, 0.2) is 0 Å². The number of aliphatic hydroxyl groups is 1. The number of nitrogens with zero attached hydrogens (tertiary/aromatic N) is 2. The van der Waals surface area contributed by atoms with Crippen molar-refractivity contribution < 1.29 is 19.9 Å². The maximum atomic E-state index is 11.4. The smallest absolute Gasteiger partial charge is 0.338 e. The van der Waals surface area contributed by atoms with E-state index in [0.29, 0.717) is 6.54 Å². The number of halogens is 1. The Morgan fingerprint density at radius 3 is 2.57 bits per heavy atom. The van der Waals surface area contributed by atoms with Crippen LogP contribution in [0.25, 0.3) is 0 Å². The van der Waals surface area contributed by atoms with Crippen LogP contribution in [0.5, 0.6) is 0 Å². The van der Waals surface area contributed by atoms with Crippen LogP contribution in [0, 0.1) is 10.1 Å². The fourth-order valence-electron chi connectivity index (χ4n) is 1.98. The van der Waals surface area contributed by atoms with Gasteiger partial charge in [-0.05, 0) is 6.42 Å². The number of nitro groups is 1. The van der Waals surface area contributed by atoms with Crippen molar-refractivity contribution in [3.8, 4) is 0 Å². The summed E-state index contributed by atoms with van der Waals surface area (Å²) in [6, 6.07) is 2.11. The highest BCUT2D eigenvalue weighted by molar-refractivity contribution is 6.34. The van der Waals surface area contributed by atoms with Crippen LogP contribution in [0.2, 0.25) is 5.02 Å². The van der Waals surface area contributed by atoms with Crippen LogP contribution >= 0.6 is 11.6 Å². The Hall–Kier alpha value is -1.86. The normalized spacial score (nSPS) is 10.4. The molecule has 1 aromatic carbocycles. The molecule has 116 valence electrons. The molecule has 0 unspecified atom stereocenters. The second kappa shape index (κ2) is 7.80. The lowest BCUT2D eigenvalue weighted by Gasteiger charge is -2.26. The Morgan fingerprint density at radius 2 is 2.10 bits per heavy atom. The molecule has 21 heavy (non-hydrogen) atoms. The number of rotatable bonds is 8. The molecule has 0 aliphatic rings. The number of non-ortho nitro benzene ring substituents is 1. The summed E-state index contributed by atoms with van der Waals surface area (Å²) in [6.07, 6.45) is 1.67. The zero-order chi connectivity index (χ0) is 16.0. The average molecular weight is 317 g/mol. The number of unbranched alkanes of at least 4 members (excludes halogenated alkanes) is 1. The van der Waals surface area contributed by atoms with Crippen LogP contribution in [-0.2, 0) is 0 Å². The zero-order valence-electron chi connectivity index (χ0n) is 11.6. The molecule has 1 rings (SSSR count). The molecule has 0 spiro atoms. The predicted molar refractivity (Wildman–Crippen MR) is 79.3 cm³/mol. The molecule has 0 aromatic heterocycles. The summed E-state index contributed by atoms with van der Waals surface area (Å²) in [6.45, 7) is 2.52. The quantitative estimate of drug-likeness (QED) is 0.564. The van der Waals surface area contributed by atoms with Gasteiger partial charge in [0.1, 0.15) is 0 Å². The number of hydrogen-bond donors (Lipinski definition) is 2. The molecular formula is C13H17ClN2O5. The van der Waals surface area contributed by atoms with Gasteiger partial charge >= 0.3 is 5.97 Å². The number of hydrogen-bond acceptors (Lipinski definition) is 5. The van der Waals surface area contributed by atoms with Gasteiger partial charge in [-0.25, -0.2) is 4.79 Å². The molecule has 0 aliphatic carbocycles. The molecule has 0 atom stereocenters. The molecule has 0 amide bonds. The standard InChI is InChI=1S/C13H17ClN2O5/c1-2-3-4-15(5-6-17)12-10(13(18)19)7-9(16(20)21)8-11(12)14/h7-8,17H,2-6H2,1H3,(H,18,19).